The zero-order chi connectivity index (χ0) is 11.7. The summed E-state index contributed by atoms with van der Waals surface area (Å²) in [5.41, 5.74) is 0.894. The molecule has 2 heterocycles. The van der Waals surface area contributed by atoms with Gasteiger partial charge in [-0.25, -0.2) is 9.97 Å². The van der Waals surface area contributed by atoms with Gasteiger partial charge in [-0.3, -0.25) is 0 Å². The van der Waals surface area contributed by atoms with Crippen LogP contribution >= 0.6 is 0 Å². The fourth-order valence-electron chi connectivity index (χ4n) is 1.65. The first-order valence-electron chi connectivity index (χ1n) is 5.23. The van der Waals surface area contributed by atoms with Crippen molar-refractivity contribution in [3.05, 3.63) is 42.4 Å². The van der Waals surface area contributed by atoms with E-state index in [-0.39, 0.29) is 0 Å². The lowest BCUT2D eigenvalue weighted by Gasteiger charge is -2.04. The molecule has 5 nitrogen and oxygen atoms in total. The number of hydrogen-bond acceptors (Lipinski definition) is 5. The van der Waals surface area contributed by atoms with Crippen LogP contribution in [-0.2, 0) is 0 Å². The third-order valence-electron chi connectivity index (χ3n) is 2.42. The smallest absolute Gasteiger partial charge is 0.175 e. The Morgan fingerprint density at radius 3 is 2.88 bits per heavy atom. The van der Waals surface area contributed by atoms with Crippen LogP contribution in [0.3, 0.4) is 0 Å². The molecule has 84 valence electrons. The molecule has 3 rings (SSSR count). The molecule has 0 fully saturated rings. The van der Waals surface area contributed by atoms with Crippen molar-refractivity contribution in [2.45, 2.75) is 6.92 Å². The van der Waals surface area contributed by atoms with Gasteiger partial charge in [0.1, 0.15) is 17.9 Å². The maximum absolute atomic E-state index is 4.99. The molecule has 0 aliphatic heterocycles. The summed E-state index contributed by atoms with van der Waals surface area (Å²) in [6.45, 7) is 1.84. The van der Waals surface area contributed by atoms with Crippen LogP contribution in [0.2, 0.25) is 0 Å². The van der Waals surface area contributed by atoms with Crippen LogP contribution < -0.4 is 5.32 Å². The number of nitrogens with one attached hydrogen (secondary N) is 1. The van der Waals surface area contributed by atoms with E-state index in [0.29, 0.717) is 5.82 Å². The summed E-state index contributed by atoms with van der Waals surface area (Å²) in [7, 11) is 0. The number of benzene rings is 1. The van der Waals surface area contributed by atoms with Crippen molar-refractivity contribution in [2.24, 2.45) is 0 Å². The maximum Gasteiger partial charge on any atom is 0.175 e. The Morgan fingerprint density at radius 2 is 2.06 bits per heavy atom. The van der Waals surface area contributed by atoms with Gasteiger partial charge in [-0.1, -0.05) is 17.3 Å². The molecular weight excluding hydrogens is 216 g/mol. The van der Waals surface area contributed by atoms with E-state index in [4.69, 9.17) is 4.52 Å². The van der Waals surface area contributed by atoms with Crippen molar-refractivity contribution in [3.63, 3.8) is 0 Å². The van der Waals surface area contributed by atoms with Crippen LogP contribution in [-0.4, -0.2) is 15.1 Å². The Labute approximate surface area is 97.5 Å². The Hall–Kier alpha value is -2.43. The van der Waals surface area contributed by atoms with Crippen LogP contribution in [0.4, 0.5) is 11.6 Å². The second kappa shape index (κ2) is 3.86. The summed E-state index contributed by atoms with van der Waals surface area (Å²) in [5, 5.41) is 7.94. The normalized spacial score (nSPS) is 10.6. The Morgan fingerprint density at radius 1 is 1.18 bits per heavy atom. The highest BCUT2D eigenvalue weighted by Crippen LogP contribution is 2.21. The standard InChI is InChI=1S/C12H10N4O/c1-8-6-11(16-17-8)15-12-9-4-2-3-5-10(9)13-7-14-12/h2-7H,1H3,(H,13,14,15,16). The molecule has 0 unspecified atom stereocenters. The molecule has 0 spiro atoms. The summed E-state index contributed by atoms with van der Waals surface area (Å²) < 4.78 is 4.99. The molecule has 0 saturated heterocycles. The summed E-state index contributed by atoms with van der Waals surface area (Å²) in [4.78, 5) is 8.40. The van der Waals surface area contributed by atoms with E-state index in [1.807, 2.05) is 37.3 Å². The molecule has 1 N–H and O–H groups in total. The van der Waals surface area contributed by atoms with E-state index < -0.39 is 0 Å². The summed E-state index contributed by atoms with van der Waals surface area (Å²) in [6, 6.07) is 9.61. The number of aromatic nitrogens is 3. The van der Waals surface area contributed by atoms with E-state index in [0.717, 1.165) is 22.5 Å². The number of anilines is 2. The van der Waals surface area contributed by atoms with Crippen LogP contribution in [0.5, 0.6) is 0 Å². The second-order valence-corrected chi connectivity index (χ2v) is 3.69. The van der Waals surface area contributed by atoms with Crippen molar-refractivity contribution in [1.82, 2.24) is 15.1 Å². The van der Waals surface area contributed by atoms with Crippen molar-refractivity contribution in [3.8, 4) is 0 Å². The predicted octanol–water partition coefficient (Wildman–Crippen LogP) is 2.67. The molecule has 2 aromatic heterocycles. The van der Waals surface area contributed by atoms with Crippen LogP contribution in [0.1, 0.15) is 5.76 Å². The van der Waals surface area contributed by atoms with Gasteiger partial charge in [0.25, 0.3) is 0 Å². The first kappa shape index (κ1) is 9.77. The largest absolute Gasteiger partial charge is 0.360 e. The molecule has 0 amide bonds. The van der Waals surface area contributed by atoms with Crippen LogP contribution in [0, 0.1) is 6.92 Å². The van der Waals surface area contributed by atoms with Crippen molar-refractivity contribution >= 4 is 22.5 Å². The minimum absolute atomic E-state index is 0.645. The van der Waals surface area contributed by atoms with Gasteiger partial charge in [-0.2, -0.15) is 0 Å². The van der Waals surface area contributed by atoms with Gasteiger partial charge in [-0.15, -0.1) is 0 Å². The van der Waals surface area contributed by atoms with Crippen molar-refractivity contribution in [2.75, 3.05) is 5.32 Å². The lowest BCUT2D eigenvalue weighted by Crippen LogP contribution is -1.95. The fraction of sp³-hybridized carbons (Fsp3) is 0.0833. The number of rotatable bonds is 2. The van der Waals surface area contributed by atoms with Gasteiger partial charge < -0.3 is 9.84 Å². The fourth-order valence-corrected chi connectivity index (χ4v) is 1.65. The number of hydrogen-bond donors (Lipinski definition) is 1. The monoisotopic (exact) mass is 226 g/mol. The van der Waals surface area contributed by atoms with E-state index in [9.17, 15) is 0 Å². The summed E-state index contributed by atoms with van der Waals surface area (Å²) >= 11 is 0. The molecule has 0 aliphatic carbocycles. The molecule has 3 aromatic rings. The molecule has 17 heavy (non-hydrogen) atoms. The van der Waals surface area contributed by atoms with Gasteiger partial charge in [0.05, 0.1) is 5.52 Å². The summed E-state index contributed by atoms with van der Waals surface area (Å²) in [5.74, 6) is 2.13. The van der Waals surface area contributed by atoms with Crippen LogP contribution in [0.15, 0.2) is 41.2 Å². The average molecular weight is 226 g/mol. The predicted molar refractivity (Wildman–Crippen MR) is 64.1 cm³/mol. The van der Waals surface area contributed by atoms with E-state index in [1.54, 1.807) is 0 Å². The van der Waals surface area contributed by atoms with Gasteiger partial charge in [0.2, 0.25) is 0 Å². The Balaban J connectivity index is 2.05. The summed E-state index contributed by atoms with van der Waals surface area (Å²) in [6.07, 6.45) is 1.53. The van der Waals surface area contributed by atoms with Gasteiger partial charge in [0, 0.05) is 11.5 Å². The van der Waals surface area contributed by atoms with Crippen LogP contribution in [0.25, 0.3) is 10.9 Å². The van der Waals surface area contributed by atoms with Gasteiger partial charge >= 0.3 is 0 Å². The zero-order valence-corrected chi connectivity index (χ0v) is 9.21. The molecular formula is C12H10N4O. The molecule has 0 bridgehead atoms. The lowest BCUT2D eigenvalue weighted by atomic mass is 10.2. The third kappa shape index (κ3) is 1.82. The molecule has 5 heteroatoms. The van der Waals surface area contributed by atoms with Gasteiger partial charge in [0.15, 0.2) is 5.82 Å². The van der Waals surface area contributed by atoms with E-state index in [2.05, 4.69) is 20.4 Å². The highest BCUT2D eigenvalue weighted by molar-refractivity contribution is 5.90. The first-order chi connectivity index (χ1) is 8.33. The SMILES string of the molecule is Cc1cc(Nc2ncnc3ccccc23)no1. The first-order valence-corrected chi connectivity index (χ1v) is 5.23. The lowest BCUT2D eigenvalue weighted by molar-refractivity contribution is 0.400. The average Bonchev–Trinajstić information content (AvgIpc) is 2.75. The number of fused-ring (bicyclic) bond motifs is 1. The minimum Gasteiger partial charge on any atom is -0.360 e. The van der Waals surface area contributed by atoms with Crippen molar-refractivity contribution < 1.29 is 4.52 Å². The Kier molecular flexibility index (Phi) is 2.22. The highest BCUT2D eigenvalue weighted by Gasteiger charge is 2.05. The third-order valence-corrected chi connectivity index (χ3v) is 2.42. The topological polar surface area (TPSA) is 63.8 Å². The highest BCUT2D eigenvalue weighted by atomic mass is 16.5. The Bertz CT molecular complexity index is 657. The molecule has 0 saturated carbocycles. The zero-order valence-electron chi connectivity index (χ0n) is 9.21. The number of para-hydroxylation sites is 1. The van der Waals surface area contributed by atoms with Gasteiger partial charge in [-0.05, 0) is 19.1 Å². The quantitative estimate of drug-likeness (QED) is 0.727. The molecule has 0 radical (unpaired) electrons. The molecule has 0 aliphatic rings. The molecule has 1 aromatic carbocycles. The number of nitrogens with zero attached hydrogens (tertiary/aromatic N) is 3. The maximum atomic E-state index is 4.99. The second-order valence-electron chi connectivity index (χ2n) is 3.69. The minimum atomic E-state index is 0.645. The van der Waals surface area contributed by atoms with Crippen molar-refractivity contribution in [1.29, 1.82) is 0 Å². The van der Waals surface area contributed by atoms with E-state index in [1.165, 1.54) is 6.33 Å². The van der Waals surface area contributed by atoms with E-state index >= 15 is 0 Å². The molecule has 0 atom stereocenters. The number of aryl methyl sites for hydroxylation is 1.